The maximum atomic E-state index is 12.7. The Hall–Kier alpha value is -0.660. The molecule has 26 heavy (non-hydrogen) atoms. The highest BCUT2D eigenvalue weighted by Crippen LogP contribution is 2.74. The fraction of sp³-hybridized carbons (Fsp3) is 0.917. The van der Waals surface area contributed by atoms with Gasteiger partial charge in [0.1, 0.15) is 11.6 Å². The summed E-state index contributed by atoms with van der Waals surface area (Å²) in [5.74, 6) is 3.02. The first-order chi connectivity index (χ1) is 12.0. The monoisotopic (exact) mass is 358 g/mol. The van der Waals surface area contributed by atoms with Crippen LogP contribution in [0.25, 0.3) is 0 Å². The first-order valence-electron chi connectivity index (χ1n) is 11.0. The van der Waals surface area contributed by atoms with E-state index in [-0.39, 0.29) is 10.8 Å². The van der Waals surface area contributed by atoms with Gasteiger partial charge in [-0.2, -0.15) is 0 Å². The second-order valence-corrected chi connectivity index (χ2v) is 11.6. The highest BCUT2D eigenvalue weighted by Gasteiger charge is 2.68. The molecule has 0 aromatic heterocycles. The summed E-state index contributed by atoms with van der Waals surface area (Å²) in [4.78, 5) is 25.0. The number of ketones is 2. The molecule has 2 nitrogen and oxygen atoms in total. The second kappa shape index (κ2) is 5.45. The molecule has 0 radical (unpaired) electrons. The van der Waals surface area contributed by atoms with Crippen molar-refractivity contribution in [2.45, 2.75) is 92.9 Å². The molecule has 0 amide bonds. The zero-order valence-electron chi connectivity index (χ0n) is 17.8. The first kappa shape index (κ1) is 18.7. The predicted octanol–water partition coefficient (Wildman–Crippen LogP) is 5.83. The SMILES string of the molecule is CC(=O)[C@H]1CC[C@]2(C)[C@@H]1CC[C@H]1[C@@]3(C)CCC(=O)C(C)(C)[C@@H]3CC[C@]12C. The Morgan fingerprint density at radius 3 is 2.15 bits per heavy atom. The van der Waals surface area contributed by atoms with E-state index in [1.54, 1.807) is 0 Å². The number of carbonyl (C=O) groups excluding carboxylic acids is 2. The number of fused-ring (bicyclic) bond motifs is 5. The molecule has 0 unspecified atom stereocenters. The molecule has 7 atom stereocenters. The molecule has 4 aliphatic rings. The van der Waals surface area contributed by atoms with Crippen LogP contribution in [-0.4, -0.2) is 11.6 Å². The van der Waals surface area contributed by atoms with Crippen molar-refractivity contribution < 1.29 is 9.59 Å². The van der Waals surface area contributed by atoms with E-state index in [1.165, 1.54) is 32.1 Å². The lowest BCUT2D eigenvalue weighted by Gasteiger charge is -2.68. The molecular weight excluding hydrogens is 320 g/mol. The molecular formula is C24H38O2. The minimum Gasteiger partial charge on any atom is -0.300 e. The molecule has 2 heteroatoms. The van der Waals surface area contributed by atoms with E-state index >= 15 is 0 Å². The van der Waals surface area contributed by atoms with Crippen molar-refractivity contribution >= 4 is 11.6 Å². The van der Waals surface area contributed by atoms with Gasteiger partial charge in [0.05, 0.1) is 0 Å². The van der Waals surface area contributed by atoms with Crippen molar-refractivity contribution in [2.24, 2.45) is 45.3 Å². The van der Waals surface area contributed by atoms with Crippen molar-refractivity contribution in [3.8, 4) is 0 Å². The fourth-order valence-corrected chi connectivity index (χ4v) is 9.03. The normalized spacial score (nSPS) is 52.8. The Morgan fingerprint density at radius 1 is 0.846 bits per heavy atom. The van der Waals surface area contributed by atoms with Crippen LogP contribution in [-0.2, 0) is 9.59 Å². The molecule has 4 rings (SSSR count). The highest BCUT2D eigenvalue weighted by atomic mass is 16.1. The van der Waals surface area contributed by atoms with Gasteiger partial charge in [-0.15, -0.1) is 0 Å². The molecule has 0 saturated heterocycles. The number of carbonyl (C=O) groups is 2. The van der Waals surface area contributed by atoms with Crippen LogP contribution >= 0.6 is 0 Å². The van der Waals surface area contributed by atoms with Crippen molar-refractivity contribution in [1.29, 1.82) is 0 Å². The van der Waals surface area contributed by atoms with Gasteiger partial charge >= 0.3 is 0 Å². The molecule has 0 bridgehead atoms. The lowest BCUT2D eigenvalue weighted by Crippen LogP contribution is -2.63. The largest absolute Gasteiger partial charge is 0.300 e. The van der Waals surface area contributed by atoms with Gasteiger partial charge in [-0.3, -0.25) is 9.59 Å². The topological polar surface area (TPSA) is 34.1 Å². The minimum atomic E-state index is -0.163. The summed E-state index contributed by atoms with van der Waals surface area (Å²) in [6, 6.07) is 0. The first-order valence-corrected chi connectivity index (χ1v) is 11.0. The molecule has 4 aliphatic carbocycles. The average molecular weight is 359 g/mol. The van der Waals surface area contributed by atoms with E-state index in [2.05, 4.69) is 34.6 Å². The Kier molecular flexibility index (Phi) is 3.92. The molecule has 0 heterocycles. The molecule has 0 N–H and O–H groups in total. The molecule has 4 fully saturated rings. The van der Waals surface area contributed by atoms with E-state index in [4.69, 9.17) is 0 Å². The third kappa shape index (κ3) is 2.05. The summed E-state index contributed by atoms with van der Waals surface area (Å²) in [7, 11) is 0. The van der Waals surface area contributed by atoms with Crippen LogP contribution in [0.2, 0.25) is 0 Å². The molecule has 0 aliphatic heterocycles. The van der Waals surface area contributed by atoms with Crippen molar-refractivity contribution in [2.75, 3.05) is 0 Å². The van der Waals surface area contributed by atoms with E-state index < -0.39 is 0 Å². The van der Waals surface area contributed by atoms with Crippen molar-refractivity contribution in [3.05, 3.63) is 0 Å². The van der Waals surface area contributed by atoms with E-state index in [0.717, 1.165) is 19.3 Å². The van der Waals surface area contributed by atoms with Crippen LogP contribution in [0.5, 0.6) is 0 Å². The summed E-state index contributed by atoms with van der Waals surface area (Å²) in [5, 5.41) is 0. The fourth-order valence-electron chi connectivity index (χ4n) is 9.03. The summed E-state index contributed by atoms with van der Waals surface area (Å²) in [6.45, 7) is 13.9. The standard InChI is InChI=1S/C24H38O2/c1-15(25)16-9-13-23(5)17(16)7-8-19-22(4)12-11-20(26)21(2,3)18(22)10-14-24(19,23)6/h16-19H,7-14H2,1-6H3/t16-,17-,18+,19+,22+,23-,24-/m1/s1. The van der Waals surface area contributed by atoms with E-state index in [1.807, 2.05) is 6.92 Å². The van der Waals surface area contributed by atoms with Gasteiger partial charge in [0.2, 0.25) is 0 Å². The number of Topliss-reactive ketones (excluding diaryl/α,β-unsaturated/α-hetero) is 2. The number of hydrogen-bond donors (Lipinski definition) is 0. The zero-order valence-corrected chi connectivity index (χ0v) is 17.8. The van der Waals surface area contributed by atoms with E-state index in [9.17, 15) is 9.59 Å². The molecule has 4 saturated carbocycles. The predicted molar refractivity (Wildman–Crippen MR) is 105 cm³/mol. The van der Waals surface area contributed by atoms with Gasteiger partial charge in [0.25, 0.3) is 0 Å². The zero-order chi connectivity index (χ0) is 19.1. The number of hydrogen-bond acceptors (Lipinski definition) is 2. The number of rotatable bonds is 1. The van der Waals surface area contributed by atoms with Crippen molar-refractivity contribution in [3.63, 3.8) is 0 Å². The van der Waals surface area contributed by atoms with Crippen LogP contribution in [0.15, 0.2) is 0 Å². The van der Waals surface area contributed by atoms with Crippen LogP contribution < -0.4 is 0 Å². The molecule has 0 spiro atoms. The lowest BCUT2D eigenvalue weighted by atomic mass is 9.35. The third-order valence-electron chi connectivity index (χ3n) is 10.7. The summed E-state index contributed by atoms with van der Waals surface area (Å²) in [6.07, 6.45) is 9.08. The van der Waals surface area contributed by atoms with Crippen LogP contribution in [0.1, 0.15) is 92.9 Å². The lowest BCUT2D eigenvalue weighted by molar-refractivity contribution is -0.202. The molecule has 146 valence electrons. The van der Waals surface area contributed by atoms with Gasteiger partial charge in [-0.05, 0) is 85.9 Å². The Bertz CT molecular complexity index is 649. The molecule has 0 aromatic carbocycles. The quantitative estimate of drug-likeness (QED) is 0.591. The average Bonchev–Trinajstić information content (AvgIpc) is 2.90. The Morgan fingerprint density at radius 2 is 1.50 bits per heavy atom. The molecule has 0 aromatic rings. The van der Waals surface area contributed by atoms with Gasteiger partial charge in [-0.1, -0.05) is 34.6 Å². The van der Waals surface area contributed by atoms with Gasteiger partial charge in [0.15, 0.2) is 0 Å². The summed E-state index contributed by atoms with van der Waals surface area (Å²) < 4.78 is 0. The van der Waals surface area contributed by atoms with Gasteiger partial charge < -0.3 is 0 Å². The van der Waals surface area contributed by atoms with Crippen LogP contribution in [0.3, 0.4) is 0 Å². The van der Waals surface area contributed by atoms with E-state index in [0.29, 0.717) is 46.1 Å². The summed E-state index contributed by atoms with van der Waals surface area (Å²) in [5.41, 5.74) is 0.740. The highest BCUT2D eigenvalue weighted by molar-refractivity contribution is 5.85. The Labute approximate surface area is 159 Å². The van der Waals surface area contributed by atoms with Gasteiger partial charge in [0, 0.05) is 17.8 Å². The minimum absolute atomic E-state index is 0.163. The van der Waals surface area contributed by atoms with Crippen LogP contribution in [0, 0.1) is 45.3 Å². The Balaban J connectivity index is 1.74. The maximum absolute atomic E-state index is 12.7. The third-order valence-corrected chi connectivity index (χ3v) is 10.7. The second-order valence-electron chi connectivity index (χ2n) is 11.6. The smallest absolute Gasteiger partial charge is 0.138 e. The van der Waals surface area contributed by atoms with Gasteiger partial charge in [-0.25, -0.2) is 0 Å². The van der Waals surface area contributed by atoms with Crippen molar-refractivity contribution in [1.82, 2.24) is 0 Å². The van der Waals surface area contributed by atoms with Crippen LogP contribution in [0.4, 0.5) is 0 Å². The maximum Gasteiger partial charge on any atom is 0.138 e. The summed E-state index contributed by atoms with van der Waals surface area (Å²) >= 11 is 0.